The van der Waals surface area contributed by atoms with Crippen molar-refractivity contribution < 1.29 is 4.52 Å². The molecule has 4 nitrogen and oxygen atoms in total. The first kappa shape index (κ1) is 16.1. The summed E-state index contributed by atoms with van der Waals surface area (Å²) in [5.74, 6) is 1.12. The van der Waals surface area contributed by atoms with Gasteiger partial charge in [-0.3, -0.25) is 4.79 Å². The Kier molecular flexibility index (Phi) is 4.44. The number of aromatic amines is 1. The Morgan fingerprint density at radius 3 is 2.57 bits per heavy atom. The highest BCUT2D eigenvalue weighted by Gasteiger charge is 2.25. The van der Waals surface area contributed by atoms with Crippen LogP contribution in [0.5, 0.6) is 0 Å². The highest BCUT2D eigenvalue weighted by Crippen LogP contribution is 2.28. The minimum Gasteiger partial charge on any atom is -0.383 e. The van der Waals surface area contributed by atoms with Crippen molar-refractivity contribution in [2.75, 3.05) is 6.54 Å². The molecule has 1 aliphatic rings. The fourth-order valence-corrected chi connectivity index (χ4v) is 3.34. The van der Waals surface area contributed by atoms with E-state index in [1.807, 2.05) is 0 Å². The molecule has 0 radical (unpaired) electrons. The van der Waals surface area contributed by atoms with E-state index < -0.39 is 0 Å². The summed E-state index contributed by atoms with van der Waals surface area (Å²) in [5, 5.41) is 5.99. The van der Waals surface area contributed by atoms with E-state index in [4.69, 9.17) is 4.52 Å². The van der Waals surface area contributed by atoms with E-state index >= 15 is 0 Å². The van der Waals surface area contributed by atoms with E-state index in [-0.39, 0.29) is 11.0 Å². The number of piperidine rings is 1. The fourth-order valence-electron chi connectivity index (χ4n) is 3.34. The van der Waals surface area contributed by atoms with Gasteiger partial charge in [0.2, 0.25) is 0 Å². The van der Waals surface area contributed by atoms with Crippen molar-refractivity contribution in [3.8, 4) is 0 Å². The molecule has 0 aliphatic carbocycles. The molecule has 0 spiro atoms. The molecule has 1 aromatic heterocycles. The second-order valence-electron chi connectivity index (χ2n) is 7.64. The van der Waals surface area contributed by atoms with Crippen molar-refractivity contribution in [1.29, 1.82) is 0 Å². The fraction of sp³-hybridized carbons (Fsp3) is 0.526. The number of hydrogen-bond acceptors (Lipinski definition) is 3. The van der Waals surface area contributed by atoms with Gasteiger partial charge >= 0.3 is 0 Å². The summed E-state index contributed by atoms with van der Waals surface area (Å²) in [6, 6.07) is 11.0. The molecule has 124 valence electrons. The maximum absolute atomic E-state index is 11.3. The van der Waals surface area contributed by atoms with Gasteiger partial charge in [0, 0.05) is 18.0 Å². The molecule has 1 fully saturated rings. The molecule has 0 bridgehead atoms. The van der Waals surface area contributed by atoms with Crippen LogP contribution < -0.4 is 10.9 Å². The Labute approximate surface area is 137 Å². The van der Waals surface area contributed by atoms with Crippen LogP contribution in [0.3, 0.4) is 0 Å². The zero-order chi connectivity index (χ0) is 16.4. The summed E-state index contributed by atoms with van der Waals surface area (Å²) in [7, 11) is 0. The van der Waals surface area contributed by atoms with Gasteiger partial charge in [0.05, 0.1) is 0 Å². The molecule has 0 saturated carbocycles. The lowest BCUT2D eigenvalue weighted by Gasteiger charge is -2.29. The van der Waals surface area contributed by atoms with Crippen LogP contribution in [0.15, 0.2) is 39.6 Å². The Bertz CT molecular complexity index is 691. The highest BCUT2D eigenvalue weighted by atomic mass is 16.5. The van der Waals surface area contributed by atoms with Crippen LogP contribution in [0, 0.1) is 0 Å². The van der Waals surface area contributed by atoms with Crippen LogP contribution in [0.25, 0.3) is 0 Å². The Hall–Kier alpha value is -1.81. The minimum absolute atomic E-state index is 0.146. The van der Waals surface area contributed by atoms with E-state index in [0.717, 1.165) is 31.6 Å². The third kappa shape index (κ3) is 3.94. The van der Waals surface area contributed by atoms with Crippen LogP contribution in [0.2, 0.25) is 0 Å². The van der Waals surface area contributed by atoms with Gasteiger partial charge in [0.15, 0.2) is 0 Å². The first-order valence-corrected chi connectivity index (χ1v) is 8.43. The quantitative estimate of drug-likeness (QED) is 0.913. The van der Waals surface area contributed by atoms with Crippen molar-refractivity contribution >= 4 is 0 Å². The molecule has 2 atom stereocenters. The van der Waals surface area contributed by atoms with Gasteiger partial charge in [0.1, 0.15) is 5.76 Å². The molecule has 0 amide bonds. The van der Waals surface area contributed by atoms with Gasteiger partial charge in [-0.2, -0.15) is 5.16 Å². The zero-order valence-corrected chi connectivity index (χ0v) is 14.2. The Balaban J connectivity index is 1.64. The van der Waals surface area contributed by atoms with Crippen molar-refractivity contribution in [2.24, 2.45) is 0 Å². The lowest BCUT2D eigenvalue weighted by Crippen LogP contribution is -2.38. The Morgan fingerprint density at radius 1 is 1.22 bits per heavy atom. The topological polar surface area (TPSA) is 58.0 Å². The predicted molar refractivity (Wildman–Crippen MR) is 91.9 cm³/mol. The van der Waals surface area contributed by atoms with Gasteiger partial charge in [-0.15, -0.1) is 0 Å². The highest BCUT2D eigenvalue weighted by molar-refractivity contribution is 5.28. The zero-order valence-electron chi connectivity index (χ0n) is 14.2. The monoisotopic (exact) mass is 314 g/mol. The van der Waals surface area contributed by atoms with Gasteiger partial charge in [0.25, 0.3) is 5.56 Å². The Morgan fingerprint density at radius 2 is 1.96 bits per heavy atom. The molecule has 2 unspecified atom stereocenters. The third-order valence-electron chi connectivity index (χ3n) is 4.74. The number of hydrogen-bond donors (Lipinski definition) is 2. The molecule has 23 heavy (non-hydrogen) atoms. The van der Waals surface area contributed by atoms with E-state index in [2.05, 4.69) is 55.5 Å². The molecule has 3 rings (SSSR count). The lowest BCUT2D eigenvalue weighted by atomic mass is 9.85. The van der Waals surface area contributed by atoms with Crippen molar-refractivity contribution in [1.82, 2.24) is 10.5 Å². The lowest BCUT2D eigenvalue weighted by molar-refractivity contribution is 0.292. The van der Waals surface area contributed by atoms with Crippen molar-refractivity contribution in [3.05, 3.63) is 57.6 Å². The number of benzene rings is 1. The van der Waals surface area contributed by atoms with Crippen LogP contribution in [-0.4, -0.2) is 17.7 Å². The molecule has 1 aliphatic heterocycles. The molecular formula is C19H26N2O2. The first-order chi connectivity index (χ1) is 10.9. The summed E-state index contributed by atoms with van der Waals surface area (Å²) in [6.07, 6.45) is 3.03. The molecular weight excluding hydrogens is 288 g/mol. The maximum atomic E-state index is 11.3. The maximum Gasteiger partial charge on any atom is 0.280 e. The summed E-state index contributed by atoms with van der Waals surface area (Å²) in [4.78, 5) is 11.3. The van der Waals surface area contributed by atoms with Gasteiger partial charge in [-0.25, -0.2) is 0 Å². The van der Waals surface area contributed by atoms with Crippen molar-refractivity contribution in [3.63, 3.8) is 0 Å². The summed E-state index contributed by atoms with van der Waals surface area (Å²) in [6.45, 7) is 7.67. The number of H-pyrrole nitrogens is 1. The number of rotatable bonds is 3. The van der Waals surface area contributed by atoms with Crippen LogP contribution in [0.4, 0.5) is 0 Å². The van der Waals surface area contributed by atoms with Crippen LogP contribution in [-0.2, 0) is 11.8 Å². The van der Waals surface area contributed by atoms with Crippen molar-refractivity contribution in [2.45, 2.75) is 57.4 Å². The third-order valence-corrected chi connectivity index (χ3v) is 4.74. The molecule has 2 N–H and O–H groups in total. The van der Waals surface area contributed by atoms with Crippen LogP contribution in [0.1, 0.15) is 56.4 Å². The summed E-state index contributed by atoms with van der Waals surface area (Å²) >= 11 is 0. The van der Waals surface area contributed by atoms with E-state index in [1.165, 1.54) is 11.1 Å². The molecule has 1 saturated heterocycles. The number of nitrogens with one attached hydrogen (secondary N) is 2. The summed E-state index contributed by atoms with van der Waals surface area (Å²) < 4.78 is 5.29. The summed E-state index contributed by atoms with van der Waals surface area (Å²) in [5.41, 5.74) is 2.77. The second kappa shape index (κ2) is 6.36. The normalized spacial score (nSPS) is 22.2. The minimum atomic E-state index is -0.146. The largest absolute Gasteiger partial charge is 0.383 e. The average Bonchev–Trinajstić information content (AvgIpc) is 2.94. The van der Waals surface area contributed by atoms with E-state index in [0.29, 0.717) is 12.0 Å². The van der Waals surface area contributed by atoms with Gasteiger partial charge in [-0.05, 0) is 42.3 Å². The van der Waals surface area contributed by atoms with Gasteiger partial charge in [-0.1, -0.05) is 45.0 Å². The van der Waals surface area contributed by atoms with E-state index in [9.17, 15) is 4.79 Å². The predicted octanol–water partition coefficient (Wildman–Crippen LogP) is 3.34. The SMILES string of the molecule is CC(C)(C)c1ccc(CC2CC(c3cc(=O)[nH]o3)CCN2)cc1. The van der Waals surface area contributed by atoms with Crippen LogP contribution >= 0.6 is 0 Å². The second-order valence-corrected chi connectivity index (χ2v) is 7.64. The van der Waals surface area contributed by atoms with E-state index in [1.54, 1.807) is 6.07 Å². The smallest absolute Gasteiger partial charge is 0.280 e. The molecule has 1 aromatic carbocycles. The average molecular weight is 314 g/mol. The molecule has 2 aromatic rings. The number of aromatic nitrogens is 1. The molecule has 4 heteroatoms. The standard InChI is InChI=1S/C19H26N2O2/c1-19(2,3)15-6-4-13(5-7-15)10-16-11-14(8-9-20-16)17-12-18(22)21-23-17/h4-7,12,14,16,20H,8-11H2,1-3H3,(H,21,22). The molecule has 2 heterocycles. The van der Waals surface area contributed by atoms with Gasteiger partial charge < -0.3 is 9.84 Å². The first-order valence-electron chi connectivity index (χ1n) is 8.43.